The van der Waals surface area contributed by atoms with Crippen LogP contribution in [0.25, 0.3) is 0 Å². The topological polar surface area (TPSA) is 47.3 Å². The Balaban J connectivity index is 2.48. The Hall–Kier alpha value is -0.870. The predicted molar refractivity (Wildman–Crippen MR) is 77.2 cm³/mol. The molecule has 0 spiro atoms. The highest BCUT2D eigenvalue weighted by atomic mass is 16.5. The molecule has 1 aromatic rings. The van der Waals surface area contributed by atoms with Crippen LogP contribution in [0.2, 0.25) is 0 Å². The lowest BCUT2D eigenvalue weighted by Crippen LogP contribution is -2.18. The molecule has 4 nitrogen and oxygen atoms in total. The molecular formula is C15H28N2O2. The maximum Gasteiger partial charge on any atom is 0.0650 e. The van der Waals surface area contributed by atoms with E-state index in [0.717, 1.165) is 25.0 Å². The van der Waals surface area contributed by atoms with Gasteiger partial charge in [-0.3, -0.25) is 4.68 Å². The van der Waals surface area contributed by atoms with Crippen molar-refractivity contribution in [3.05, 3.63) is 18.0 Å². The first-order valence-electron chi connectivity index (χ1n) is 7.31. The highest BCUT2D eigenvalue weighted by molar-refractivity contribution is 5.01. The number of aliphatic hydroxyl groups is 1. The first-order chi connectivity index (χ1) is 9.10. The van der Waals surface area contributed by atoms with Crippen molar-refractivity contribution in [2.75, 3.05) is 13.7 Å². The van der Waals surface area contributed by atoms with Crippen LogP contribution in [0.1, 0.15) is 51.8 Å². The van der Waals surface area contributed by atoms with E-state index < -0.39 is 0 Å². The Bertz CT molecular complexity index is 348. The van der Waals surface area contributed by atoms with Gasteiger partial charge >= 0.3 is 0 Å². The second-order valence-corrected chi connectivity index (χ2v) is 5.41. The number of aliphatic hydroxyl groups excluding tert-OH is 1. The van der Waals surface area contributed by atoms with Crippen molar-refractivity contribution in [1.82, 2.24) is 9.78 Å². The molecule has 0 saturated heterocycles. The van der Waals surface area contributed by atoms with Crippen LogP contribution in [0.3, 0.4) is 0 Å². The van der Waals surface area contributed by atoms with Crippen molar-refractivity contribution in [3.63, 3.8) is 0 Å². The highest BCUT2D eigenvalue weighted by Crippen LogP contribution is 2.16. The van der Waals surface area contributed by atoms with Gasteiger partial charge in [0, 0.05) is 26.3 Å². The zero-order chi connectivity index (χ0) is 14.3. The summed E-state index contributed by atoms with van der Waals surface area (Å²) in [5, 5.41) is 14.6. The van der Waals surface area contributed by atoms with E-state index in [1.165, 1.54) is 0 Å². The molecule has 0 aromatic carbocycles. The Morgan fingerprint density at radius 2 is 2.05 bits per heavy atom. The van der Waals surface area contributed by atoms with Crippen LogP contribution in [-0.2, 0) is 11.2 Å². The van der Waals surface area contributed by atoms with E-state index in [2.05, 4.69) is 25.9 Å². The molecular weight excluding hydrogens is 240 g/mol. The van der Waals surface area contributed by atoms with Crippen molar-refractivity contribution in [2.45, 2.75) is 58.6 Å². The number of nitrogens with zero attached hydrogens (tertiary/aromatic N) is 2. The van der Waals surface area contributed by atoms with Crippen LogP contribution in [0, 0.1) is 5.92 Å². The molecule has 1 rings (SSSR count). The summed E-state index contributed by atoms with van der Waals surface area (Å²) in [6, 6.07) is 2.49. The fourth-order valence-electron chi connectivity index (χ4n) is 2.49. The predicted octanol–water partition coefficient (Wildman–Crippen LogP) is 2.82. The zero-order valence-corrected chi connectivity index (χ0v) is 12.7. The smallest absolute Gasteiger partial charge is 0.0650 e. The van der Waals surface area contributed by atoms with Crippen molar-refractivity contribution in [2.24, 2.45) is 5.92 Å². The molecule has 1 aromatic heterocycles. The van der Waals surface area contributed by atoms with Crippen LogP contribution >= 0.6 is 0 Å². The third-order valence-electron chi connectivity index (χ3n) is 3.55. The van der Waals surface area contributed by atoms with Crippen molar-refractivity contribution >= 4 is 0 Å². The molecule has 0 amide bonds. The second kappa shape index (κ2) is 8.33. The molecule has 19 heavy (non-hydrogen) atoms. The minimum Gasteiger partial charge on any atom is -0.393 e. The molecule has 2 atom stereocenters. The van der Waals surface area contributed by atoms with Gasteiger partial charge in [-0.1, -0.05) is 20.8 Å². The summed E-state index contributed by atoms with van der Waals surface area (Å²) >= 11 is 0. The van der Waals surface area contributed by atoms with Gasteiger partial charge in [-0.2, -0.15) is 5.10 Å². The third kappa shape index (κ3) is 5.33. The average Bonchev–Trinajstić information content (AvgIpc) is 2.79. The maximum absolute atomic E-state index is 10.1. The van der Waals surface area contributed by atoms with E-state index in [4.69, 9.17) is 4.74 Å². The summed E-state index contributed by atoms with van der Waals surface area (Å²) in [5.41, 5.74) is 0.976. The highest BCUT2D eigenvalue weighted by Gasteiger charge is 2.14. The van der Waals surface area contributed by atoms with Gasteiger partial charge in [-0.15, -0.1) is 0 Å². The summed E-state index contributed by atoms with van der Waals surface area (Å²) in [6.45, 7) is 7.14. The van der Waals surface area contributed by atoms with E-state index in [-0.39, 0.29) is 6.10 Å². The summed E-state index contributed by atoms with van der Waals surface area (Å²) in [6.07, 6.45) is 5.25. The molecule has 0 bridgehead atoms. The lowest BCUT2D eigenvalue weighted by atomic mass is 10.0. The van der Waals surface area contributed by atoms with Gasteiger partial charge in [0.15, 0.2) is 0 Å². The Labute approximate surface area is 116 Å². The maximum atomic E-state index is 10.1. The SMILES string of the molecule is CCC(CC)n1ccc(CC(O)CC(C)COC)n1. The minimum absolute atomic E-state index is 0.338. The van der Waals surface area contributed by atoms with E-state index in [1.807, 2.05) is 16.9 Å². The number of hydrogen-bond donors (Lipinski definition) is 1. The summed E-state index contributed by atoms with van der Waals surface area (Å²) in [5.74, 6) is 0.376. The van der Waals surface area contributed by atoms with Gasteiger partial charge in [0.2, 0.25) is 0 Å². The molecule has 110 valence electrons. The lowest BCUT2D eigenvalue weighted by molar-refractivity contribution is 0.101. The summed E-state index contributed by atoms with van der Waals surface area (Å²) in [4.78, 5) is 0. The van der Waals surface area contributed by atoms with Crippen molar-refractivity contribution < 1.29 is 9.84 Å². The summed E-state index contributed by atoms with van der Waals surface area (Å²) in [7, 11) is 1.69. The monoisotopic (exact) mass is 268 g/mol. The number of aromatic nitrogens is 2. The molecule has 4 heteroatoms. The molecule has 2 unspecified atom stereocenters. The fourth-order valence-corrected chi connectivity index (χ4v) is 2.49. The molecule has 0 fully saturated rings. The van der Waals surface area contributed by atoms with E-state index in [1.54, 1.807) is 7.11 Å². The van der Waals surface area contributed by atoms with Gasteiger partial charge in [0.1, 0.15) is 0 Å². The van der Waals surface area contributed by atoms with Gasteiger partial charge in [0.25, 0.3) is 0 Å². The quantitative estimate of drug-likeness (QED) is 0.749. The van der Waals surface area contributed by atoms with Crippen molar-refractivity contribution in [1.29, 1.82) is 0 Å². The van der Waals surface area contributed by atoms with Crippen LogP contribution in [0.15, 0.2) is 12.3 Å². The Morgan fingerprint density at radius 3 is 2.63 bits per heavy atom. The summed E-state index contributed by atoms with van der Waals surface area (Å²) < 4.78 is 7.12. The van der Waals surface area contributed by atoms with Gasteiger partial charge in [0.05, 0.1) is 17.8 Å². The minimum atomic E-state index is -0.338. The lowest BCUT2D eigenvalue weighted by Gasteiger charge is -2.15. The molecule has 1 N–H and O–H groups in total. The van der Waals surface area contributed by atoms with Gasteiger partial charge < -0.3 is 9.84 Å². The van der Waals surface area contributed by atoms with Gasteiger partial charge in [-0.25, -0.2) is 0 Å². The fraction of sp³-hybridized carbons (Fsp3) is 0.800. The van der Waals surface area contributed by atoms with E-state index >= 15 is 0 Å². The van der Waals surface area contributed by atoms with Crippen molar-refractivity contribution in [3.8, 4) is 0 Å². The normalized spacial score (nSPS) is 14.8. The number of ether oxygens (including phenoxy) is 1. The molecule has 1 heterocycles. The zero-order valence-electron chi connectivity index (χ0n) is 12.7. The largest absolute Gasteiger partial charge is 0.393 e. The van der Waals surface area contributed by atoms with E-state index in [9.17, 15) is 5.11 Å². The molecule has 0 aliphatic rings. The first kappa shape index (κ1) is 16.2. The van der Waals surface area contributed by atoms with Crippen LogP contribution < -0.4 is 0 Å². The molecule has 0 aliphatic carbocycles. The third-order valence-corrected chi connectivity index (χ3v) is 3.55. The van der Waals surface area contributed by atoms with Crippen LogP contribution in [-0.4, -0.2) is 34.7 Å². The number of methoxy groups -OCH3 is 1. The molecule has 0 aliphatic heterocycles. The standard InChI is InChI=1S/C15H28N2O2/c1-5-14(6-2)17-8-7-13(16-17)10-15(18)9-12(3)11-19-4/h7-8,12,14-15,18H,5-6,9-11H2,1-4H3. The molecule has 0 radical (unpaired) electrons. The average molecular weight is 268 g/mol. The van der Waals surface area contributed by atoms with Crippen LogP contribution in [0.4, 0.5) is 0 Å². The first-order valence-corrected chi connectivity index (χ1v) is 7.31. The number of hydrogen-bond acceptors (Lipinski definition) is 3. The van der Waals surface area contributed by atoms with E-state index in [0.29, 0.717) is 25.0 Å². The Morgan fingerprint density at radius 1 is 1.37 bits per heavy atom. The second-order valence-electron chi connectivity index (χ2n) is 5.41. The Kier molecular flexibility index (Phi) is 7.10. The number of rotatable bonds is 9. The van der Waals surface area contributed by atoms with Gasteiger partial charge in [-0.05, 0) is 31.2 Å². The van der Waals surface area contributed by atoms with Crippen LogP contribution in [0.5, 0.6) is 0 Å². The molecule has 0 saturated carbocycles.